The minimum atomic E-state index is -0.477. The summed E-state index contributed by atoms with van der Waals surface area (Å²) in [5.41, 5.74) is 0.314. The van der Waals surface area contributed by atoms with Gasteiger partial charge in [0.25, 0.3) is 0 Å². The van der Waals surface area contributed by atoms with Gasteiger partial charge in [0.15, 0.2) is 0 Å². The van der Waals surface area contributed by atoms with Gasteiger partial charge in [0.2, 0.25) is 5.91 Å². The Morgan fingerprint density at radius 3 is 2.32 bits per heavy atom. The second kappa shape index (κ2) is 9.84. The summed E-state index contributed by atoms with van der Waals surface area (Å²) in [5.74, 6) is 0.618. The number of hydrogen-bond donors (Lipinski definition) is 1. The van der Waals surface area contributed by atoms with E-state index in [1.807, 2.05) is 20.8 Å². The molecule has 1 aromatic carbocycles. The molecule has 31 heavy (non-hydrogen) atoms. The highest BCUT2D eigenvalue weighted by Gasteiger charge is 2.38. The Hall–Kier alpha value is -1.70. The van der Waals surface area contributed by atoms with Gasteiger partial charge < -0.3 is 19.7 Å². The molecule has 1 aromatic rings. The van der Waals surface area contributed by atoms with Crippen LogP contribution >= 0.6 is 23.2 Å². The molecule has 0 radical (unpaired) electrons. The minimum absolute atomic E-state index is 0.0212. The summed E-state index contributed by atoms with van der Waals surface area (Å²) < 4.78 is 10.7. The fraction of sp³-hybridized carbons (Fsp3) is 0.636. The molecule has 2 aliphatic heterocycles. The van der Waals surface area contributed by atoms with E-state index in [0.29, 0.717) is 41.5 Å². The van der Waals surface area contributed by atoms with Crippen molar-refractivity contribution in [2.45, 2.75) is 51.8 Å². The van der Waals surface area contributed by atoms with Crippen LogP contribution in [0.15, 0.2) is 12.1 Å². The van der Waals surface area contributed by atoms with Crippen LogP contribution in [-0.2, 0) is 16.1 Å². The van der Waals surface area contributed by atoms with Gasteiger partial charge in [0, 0.05) is 43.2 Å². The Balaban J connectivity index is 1.42. The van der Waals surface area contributed by atoms with E-state index in [-0.39, 0.29) is 17.9 Å². The van der Waals surface area contributed by atoms with Gasteiger partial charge in [0.05, 0.1) is 17.2 Å². The fourth-order valence-corrected chi connectivity index (χ4v) is 4.25. The molecule has 7 nitrogen and oxygen atoms in total. The summed E-state index contributed by atoms with van der Waals surface area (Å²) in [6.07, 6.45) is 1.34. The first-order valence-corrected chi connectivity index (χ1v) is 11.3. The van der Waals surface area contributed by atoms with Gasteiger partial charge in [0.1, 0.15) is 11.4 Å². The van der Waals surface area contributed by atoms with Gasteiger partial charge in [-0.15, -0.1) is 0 Å². The number of halogens is 2. The molecule has 9 heteroatoms. The summed E-state index contributed by atoms with van der Waals surface area (Å²) in [5, 5.41) is 3.85. The average Bonchev–Trinajstić information content (AvgIpc) is 2.66. The number of likely N-dealkylation sites (tertiary alicyclic amines) is 2. The second-order valence-electron chi connectivity index (χ2n) is 9.15. The Morgan fingerprint density at radius 1 is 1.13 bits per heavy atom. The third-order valence-corrected chi connectivity index (χ3v) is 6.43. The first-order valence-electron chi connectivity index (χ1n) is 10.6. The fourth-order valence-electron chi connectivity index (χ4n) is 3.91. The second-order valence-corrected chi connectivity index (χ2v) is 9.96. The minimum Gasteiger partial charge on any atom is -0.496 e. The van der Waals surface area contributed by atoms with E-state index in [1.165, 1.54) is 0 Å². The van der Waals surface area contributed by atoms with Crippen molar-refractivity contribution in [2.75, 3.05) is 33.3 Å². The first-order chi connectivity index (χ1) is 14.6. The highest BCUT2D eigenvalue weighted by atomic mass is 35.5. The SMILES string of the molecule is COc1cc(Cl)c(Cl)cc1CNC(=O)C1CCN(C2CN(C(=O)OC(C)(C)C)C2)CC1. The number of ether oxygens (including phenoxy) is 2. The molecule has 3 rings (SSSR count). The van der Waals surface area contributed by atoms with E-state index >= 15 is 0 Å². The van der Waals surface area contributed by atoms with Crippen molar-refractivity contribution in [1.82, 2.24) is 15.1 Å². The van der Waals surface area contributed by atoms with E-state index in [0.717, 1.165) is 31.5 Å². The Labute approximate surface area is 193 Å². The predicted octanol–water partition coefficient (Wildman–Crippen LogP) is 3.95. The summed E-state index contributed by atoms with van der Waals surface area (Å²) >= 11 is 12.1. The normalized spacial score (nSPS) is 18.5. The van der Waals surface area contributed by atoms with E-state index in [4.69, 9.17) is 32.7 Å². The van der Waals surface area contributed by atoms with Crippen LogP contribution in [0.5, 0.6) is 5.75 Å². The quantitative estimate of drug-likeness (QED) is 0.703. The molecule has 0 saturated carbocycles. The number of methoxy groups -OCH3 is 1. The van der Waals surface area contributed by atoms with Gasteiger partial charge in [-0.25, -0.2) is 4.79 Å². The maximum atomic E-state index is 12.7. The van der Waals surface area contributed by atoms with Gasteiger partial charge in [-0.1, -0.05) is 23.2 Å². The number of rotatable bonds is 5. The van der Waals surface area contributed by atoms with Gasteiger partial charge in [-0.05, 0) is 52.8 Å². The largest absolute Gasteiger partial charge is 0.496 e. The zero-order valence-electron chi connectivity index (χ0n) is 18.5. The standard InChI is InChI=1S/C22H31Cl2N3O4/c1-22(2,3)31-21(29)27-12-16(13-27)26-7-5-14(6-8-26)20(28)25-11-15-9-17(23)18(24)10-19(15)30-4/h9-10,14,16H,5-8,11-13H2,1-4H3,(H,25,28). The summed E-state index contributed by atoms with van der Waals surface area (Å²) in [6, 6.07) is 3.72. The molecule has 2 amide bonds. The number of amides is 2. The number of nitrogens with one attached hydrogen (secondary N) is 1. The van der Waals surface area contributed by atoms with Crippen molar-refractivity contribution in [3.63, 3.8) is 0 Å². The van der Waals surface area contributed by atoms with Crippen LogP contribution in [-0.4, -0.2) is 66.7 Å². The molecule has 0 unspecified atom stereocenters. The lowest BCUT2D eigenvalue weighted by Crippen LogP contribution is -2.63. The summed E-state index contributed by atoms with van der Waals surface area (Å²) in [6.45, 7) is 9.02. The number of nitrogens with zero attached hydrogens (tertiary/aromatic N) is 2. The van der Waals surface area contributed by atoms with E-state index in [2.05, 4.69) is 10.2 Å². The van der Waals surface area contributed by atoms with E-state index in [1.54, 1.807) is 24.1 Å². The number of carbonyl (C=O) groups is 2. The van der Waals surface area contributed by atoms with Crippen LogP contribution in [0.1, 0.15) is 39.2 Å². The van der Waals surface area contributed by atoms with Crippen molar-refractivity contribution >= 4 is 35.2 Å². The van der Waals surface area contributed by atoms with Crippen molar-refractivity contribution in [2.24, 2.45) is 5.92 Å². The average molecular weight is 472 g/mol. The number of carbonyl (C=O) groups excluding carboxylic acids is 2. The highest BCUT2D eigenvalue weighted by Crippen LogP contribution is 2.31. The predicted molar refractivity (Wildman–Crippen MR) is 121 cm³/mol. The lowest BCUT2D eigenvalue weighted by Gasteiger charge is -2.47. The van der Waals surface area contributed by atoms with Gasteiger partial charge in [-0.2, -0.15) is 0 Å². The lowest BCUT2D eigenvalue weighted by atomic mass is 9.93. The molecule has 2 fully saturated rings. The van der Waals surface area contributed by atoms with Crippen LogP contribution in [0, 0.1) is 5.92 Å². The molecule has 1 N–H and O–H groups in total. The molecule has 2 heterocycles. The van der Waals surface area contributed by atoms with Crippen molar-refractivity contribution in [3.8, 4) is 5.75 Å². The zero-order valence-corrected chi connectivity index (χ0v) is 20.1. The molecular formula is C22H31Cl2N3O4. The molecule has 0 aromatic heterocycles. The van der Waals surface area contributed by atoms with Crippen LogP contribution in [0.4, 0.5) is 4.79 Å². The van der Waals surface area contributed by atoms with Crippen LogP contribution in [0.2, 0.25) is 10.0 Å². The molecule has 0 bridgehead atoms. The van der Waals surface area contributed by atoms with Crippen molar-refractivity contribution in [1.29, 1.82) is 0 Å². The molecule has 172 valence electrons. The molecule has 0 spiro atoms. The maximum Gasteiger partial charge on any atom is 0.410 e. The smallest absolute Gasteiger partial charge is 0.410 e. The maximum absolute atomic E-state index is 12.7. The number of hydrogen-bond acceptors (Lipinski definition) is 5. The molecule has 2 aliphatic rings. The van der Waals surface area contributed by atoms with Crippen LogP contribution < -0.4 is 10.1 Å². The van der Waals surface area contributed by atoms with Crippen LogP contribution in [0.3, 0.4) is 0 Å². The third-order valence-electron chi connectivity index (χ3n) is 5.71. The Bertz CT molecular complexity index is 814. The van der Waals surface area contributed by atoms with Crippen LogP contribution in [0.25, 0.3) is 0 Å². The first kappa shape index (κ1) is 24.0. The monoisotopic (exact) mass is 471 g/mol. The summed E-state index contributed by atoms with van der Waals surface area (Å²) in [4.78, 5) is 28.9. The molecular weight excluding hydrogens is 441 g/mol. The topological polar surface area (TPSA) is 71.1 Å². The summed E-state index contributed by atoms with van der Waals surface area (Å²) in [7, 11) is 1.56. The lowest BCUT2D eigenvalue weighted by molar-refractivity contribution is -0.127. The highest BCUT2D eigenvalue weighted by molar-refractivity contribution is 6.42. The van der Waals surface area contributed by atoms with Gasteiger partial charge in [-0.3, -0.25) is 9.69 Å². The Morgan fingerprint density at radius 2 is 1.74 bits per heavy atom. The molecule has 0 aliphatic carbocycles. The molecule has 2 saturated heterocycles. The van der Waals surface area contributed by atoms with E-state index in [9.17, 15) is 9.59 Å². The zero-order chi connectivity index (χ0) is 22.8. The van der Waals surface area contributed by atoms with Crippen molar-refractivity contribution < 1.29 is 19.1 Å². The third kappa shape index (κ3) is 6.18. The van der Waals surface area contributed by atoms with Crippen molar-refractivity contribution in [3.05, 3.63) is 27.7 Å². The Kier molecular flexibility index (Phi) is 7.60. The molecule has 0 atom stereocenters. The van der Waals surface area contributed by atoms with E-state index < -0.39 is 5.60 Å². The number of piperidine rings is 1. The number of benzene rings is 1. The van der Waals surface area contributed by atoms with Gasteiger partial charge >= 0.3 is 6.09 Å².